The molecule has 1 aliphatic rings. The van der Waals surface area contributed by atoms with Crippen LogP contribution in [0.3, 0.4) is 0 Å². The zero-order chi connectivity index (χ0) is 10.3. The molecule has 1 fully saturated rings. The van der Waals surface area contributed by atoms with Gasteiger partial charge in [-0.05, 0) is 42.9 Å². The van der Waals surface area contributed by atoms with Crippen molar-refractivity contribution in [1.82, 2.24) is 0 Å². The second-order valence-corrected chi connectivity index (χ2v) is 4.13. The molecule has 0 aliphatic heterocycles. The maximum atomic E-state index is 9.55. The maximum absolute atomic E-state index is 9.55. The van der Waals surface area contributed by atoms with Crippen LogP contribution in [-0.4, -0.2) is 5.11 Å². The van der Waals surface area contributed by atoms with E-state index in [1.165, 1.54) is 12.8 Å². The summed E-state index contributed by atoms with van der Waals surface area (Å²) in [5, 5.41) is 9.55. The summed E-state index contributed by atoms with van der Waals surface area (Å²) in [6.07, 6.45) is 2.40. The third-order valence-corrected chi connectivity index (χ3v) is 2.90. The molecule has 3 heteroatoms. The minimum absolute atomic E-state index is 0.0557. The first-order valence-electron chi connectivity index (χ1n) is 4.94. The molecule has 0 saturated heterocycles. The summed E-state index contributed by atoms with van der Waals surface area (Å²) in [6.45, 7) is 1.89. The molecule has 1 saturated carbocycles. The number of hydrogen-bond donors (Lipinski definition) is 3. The Morgan fingerprint density at radius 3 is 2.57 bits per heavy atom. The highest BCUT2D eigenvalue weighted by atomic mass is 16.3. The lowest BCUT2D eigenvalue weighted by molar-refractivity contribution is 0.475. The van der Waals surface area contributed by atoms with Crippen LogP contribution in [0, 0.1) is 12.8 Å². The average molecular weight is 192 g/mol. The summed E-state index contributed by atoms with van der Waals surface area (Å²) in [5.74, 6) is 0.744. The van der Waals surface area contributed by atoms with Crippen LogP contribution < -0.4 is 11.5 Å². The van der Waals surface area contributed by atoms with Gasteiger partial charge in [-0.1, -0.05) is 6.07 Å². The molecular weight excluding hydrogens is 176 g/mol. The van der Waals surface area contributed by atoms with Crippen LogP contribution in [0.4, 0.5) is 5.69 Å². The molecule has 1 aromatic carbocycles. The number of benzene rings is 1. The van der Waals surface area contributed by atoms with Gasteiger partial charge in [0.15, 0.2) is 0 Å². The minimum atomic E-state index is 0.0557. The molecule has 2 rings (SSSR count). The van der Waals surface area contributed by atoms with E-state index in [4.69, 9.17) is 11.5 Å². The van der Waals surface area contributed by atoms with Gasteiger partial charge in [-0.3, -0.25) is 0 Å². The fourth-order valence-electron chi connectivity index (χ4n) is 1.73. The second kappa shape index (κ2) is 3.17. The van der Waals surface area contributed by atoms with Crippen molar-refractivity contribution >= 4 is 5.69 Å². The van der Waals surface area contributed by atoms with Gasteiger partial charge >= 0.3 is 0 Å². The van der Waals surface area contributed by atoms with E-state index in [-0.39, 0.29) is 11.8 Å². The summed E-state index contributed by atoms with van der Waals surface area (Å²) in [5.41, 5.74) is 14.0. The molecule has 1 aliphatic carbocycles. The van der Waals surface area contributed by atoms with Gasteiger partial charge in [-0.2, -0.15) is 0 Å². The van der Waals surface area contributed by atoms with Gasteiger partial charge < -0.3 is 16.6 Å². The Kier molecular flexibility index (Phi) is 2.11. The number of anilines is 1. The zero-order valence-corrected chi connectivity index (χ0v) is 8.33. The molecule has 1 atom stereocenters. The summed E-state index contributed by atoms with van der Waals surface area (Å²) in [6, 6.07) is 3.71. The van der Waals surface area contributed by atoms with Crippen molar-refractivity contribution in [2.24, 2.45) is 11.7 Å². The summed E-state index contributed by atoms with van der Waals surface area (Å²) in [7, 11) is 0. The SMILES string of the molecule is Cc1cc([C@H](N)C2CC2)cc(O)c1N. The van der Waals surface area contributed by atoms with Gasteiger partial charge in [0, 0.05) is 6.04 Å². The fourth-order valence-corrected chi connectivity index (χ4v) is 1.73. The van der Waals surface area contributed by atoms with Gasteiger partial charge in [0.05, 0.1) is 5.69 Å². The number of phenolic OH excluding ortho intramolecular Hbond substituents is 1. The largest absolute Gasteiger partial charge is 0.506 e. The van der Waals surface area contributed by atoms with Crippen LogP contribution in [0.25, 0.3) is 0 Å². The van der Waals surface area contributed by atoms with Gasteiger partial charge in [-0.15, -0.1) is 0 Å². The van der Waals surface area contributed by atoms with Crippen molar-refractivity contribution in [2.75, 3.05) is 5.73 Å². The Morgan fingerprint density at radius 1 is 1.43 bits per heavy atom. The molecular formula is C11H16N2O. The number of phenols is 1. The molecule has 0 spiro atoms. The van der Waals surface area contributed by atoms with E-state index < -0.39 is 0 Å². The van der Waals surface area contributed by atoms with Crippen LogP contribution in [0.15, 0.2) is 12.1 Å². The molecule has 5 N–H and O–H groups in total. The van der Waals surface area contributed by atoms with E-state index in [0.717, 1.165) is 11.1 Å². The molecule has 3 nitrogen and oxygen atoms in total. The maximum Gasteiger partial charge on any atom is 0.139 e. The summed E-state index contributed by atoms with van der Waals surface area (Å²) >= 11 is 0. The Labute approximate surface area is 83.7 Å². The number of rotatable bonds is 2. The van der Waals surface area contributed by atoms with Crippen molar-refractivity contribution < 1.29 is 5.11 Å². The van der Waals surface area contributed by atoms with Crippen molar-refractivity contribution in [3.05, 3.63) is 23.3 Å². The summed E-state index contributed by atoms with van der Waals surface area (Å²) < 4.78 is 0. The lowest BCUT2D eigenvalue weighted by atomic mass is 10.00. The monoisotopic (exact) mass is 192 g/mol. The van der Waals surface area contributed by atoms with Gasteiger partial charge in [0.25, 0.3) is 0 Å². The van der Waals surface area contributed by atoms with E-state index in [0.29, 0.717) is 11.6 Å². The highest BCUT2D eigenvalue weighted by Gasteiger charge is 2.29. The third-order valence-electron chi connectivity index (χ3n) is 2.90. The van der Waals surface area contributed by atoms with E-state index in [9.17, 15) is 5.11 Å². The minimum Gasteiger partial charge on any atom is -0.506 e. The number of aromatic hydroxyl groups is 1. The van der Waals surface area contributed by atoms with Crippen molar-refractivity contribution in [1.29, 1.82) is 0 Å². The molecule has 76 valence electrons. The van der Waals surface area contributed by atoms with Crippen LogP contribution in [0.5, 0.6) is 5.75 Å². The number of aryl methyl sites for hydroxylation is 1. The Morgan fingerprint density at radius 2 is 2.07 bits per heavy atom. The highest BCUT2D eigenvalue weighted by Crippen LogP contribution is 2.41. The van der Waals surface area contributed by atoms with Crippen LogP contribution in [-0.2, 0) is 0 Å². The molecule has 0 aromatic heterocycles. The number of nitrogens with two attached hydrogens (primary N) is 2. The lowest BCUT2D eigenvalue weighted by Gasteiger charge is -2.13. The van der Waals surface area contributed by atoms with E-state index in [2.05, 4.69) is 0 Å². The molecule has 0 amide bonds. The molecule has 0 heterocycles. The second-order valence-electron chi connectivity index (χ2n) is 4.13. The number of hydrogen-bond acceptors (Lipinski definition) is 3. The first-order valence-corrected chi connectivity index (χ1v) is 4.94. The van der Waals surface area contributed by atoms with Crippen LogP contribution in [0.1, 0.15) is 30.0 Å². The van der Waals surface area contributed by atoms with Crippen molar-refractivity contribution in [3.8, 4) is 5.75 Å². The topological polar surface area (TPSA) is 72.3 Å². The smallest absolute Gasteiger partial charge is 0.139 e. The molecule has 1 aromatic rings. The Balaban J connectivity index is 2.34. The Hall–Kier alpha value is -1.22. The zero-order valence-electron chi connectivity index (χ0n) is 8.33. The number of nitrogen functional groups attached to an aromatic ring is 1. The van der Waals surface area contributed by atoms with E-state index in [1.807, 2.05) is 13.0 Å². The van der Waals surface area contributed by atoms with Crippen molar-refractivity contribution in [3.63, 3.8) is 0 Å². The standard InChI is InChI=1S/C11H16N2O/c1-6-4-8(5-9(14)10(6)12)11(13)7-2-3-7/h4-5,7,11,14H,2-3,12-13H2,1H3/t11-/m1/s1. The van der Waals surface area contributed by atoms with Crippen LogP contribution >= 0.6 is 0 Å². The van der Waals surface area contributed by atoms with Crippen LogP contribution in [0.2, 0.25) is 0 Å². The predicted molar refractivity (Wildman–Crippen MR) is 56.9 cm³/mol. The van der Waals surface area contributed by atoms with Gasteiger partial charge in [0.2, 0.25) is 0 Å². The average Bonchev–Trinajstić information content (AvgIpc) is 2.95. The fraction of sp³-hybridized carbons (Fsp3) is 0.455. The lowest BCUT2D eigenvalue weighted by Crippen LogP contribution is -2.12. The normalized spacial score (nSPS) is 18.1. The highest BCUT2D eigenvalue weighted by molar-refractivity contribution is 5.59. The first kappa shape index (κ1) is 9.34. The predicted octanol–water partition coefficient (Wildman–Crippen LogP) is 1.69. The van der Waals surface area contributed by atoms with E-state index >= 15 is 0 Å². The third kappa shape index (κ3) is 1.55. The first-order chi connectivity index (χ1) is 6.59. The van der Waals surface area contributed by atoms with Gasteiger partial charge in [-0.25, -0.2) is 0 Å². The molecule has 0 unspecified atom stereocenters. The summed E-state index contributed by atoms with van der Waals surface area (Å²) in [4.78, 5) is 0. The van der Waals surface area contributed by atoms with Crippen molar-refractivity contribution in [2.45, 2.75) is 25.8 Å². The van der Waals surface area contributed by atoms with Gasteiger partial charge in [0.1, 0.15) is 5.75 Å². The van der Waals surface area contributed by atoms with E-state index in [1.54, 1.807) is 6.07 Å². The molecule has 14 heavy (non-hydrogen) atoms. The Bertz CT molecular complexity index is 335. The quantitative estimate of drug-likeness (QED) is 0.493. The molecule has 0 radical (unpaired) electrons. The molecule has 0 bridgehead atoms.